The Morgan fingerprint density at radius 1 is 1.38 bits per heavy atom. The number of Topliss-reactive ketones (excluding diaryl/α,β-unsaturated/α-hetero) is 1. The Morgan fingerprint density at radius 3 is 2.69 bits per heavy atom. The number of hydrogen-bond donors (Lipinski definition) is 2. The van der Waals surface area contributed by atoms with E-state index in [4.69, 9.17) is 9.84 Å². The lowest BCUT2D eigenvalue weighted by Gasteiger charge is -2.03. The quantitative estimate of drug-likeness (QED) is 0.669. The average Bonchev–Trinajstić information content (AvgIpc) is 2.28. The van der Waals surface area contributed by atoms with Crippen molar-refractivity contribution in [3.63, 3.8) is 0 Å². The third-order valence-corrected chi connectivity index (χ3v) is 2.14. The van der Waals surface area contributed by atoms with Crippen molar-refractivity contribution in [2.24, 2.45) is 0 Å². The van der Waals surface area contributed by atoms with Gasteiger partial charge in [0.15, 0.2) is 5.78 Å². The molecule has 0 aliphatic rings. The number of nitrogens with one attached hydrogen (secondary N) is 1. The SMILES string of the molecule is COCCNCC(=O)Cc1ccc(O)cc1. The number of phenols is 1. The van der Waals surface area contributed by atoms with E-state index in [1.807, 2.05) is 0 Å². The Hall–Kier alpha value is -1.39. The van der Waals surface area contributed by atoms with Crippen LogP contribution in [0, 0.1) is 0 Å². The fourth-order valence-corrected chi connectivity index (χ4v) is 1.31. The van der Waals surface area contributed by atoms with Crippen molar-refractivity contribution >= 4 is 5.78 Å². The molecule has 0 aliphatic carbocycles. The number of ketones is 1. The molecule has 2 N–H and O–H groups in total. The van der Waals surface area contributed by atoms with Gasteiger partial charge in [-0.1, -0.05) is 12.1 Å². The highest BCUT2D eigenvalue weighted by molar-refractivity contribution is 5.82. The van der Waals surface area contributed by atoms with Gasteiger partial charge < -0.3 is 15.2 Å². The summed E-state index contributed by atoms with van der Waals surface area (Å²) in [5.41, 5.74) is 0.913. The van der Waals surface area contributed by atoms with Crippen LogP contribution in [0.2, 0.25) is 0 Å². The second-order valence-corrected chi connectivity index (χ2v) is 3.55. The molecule has 0 unspecified atom stereocenters. The molecule has 0 saturated heterocycles. The average molecular weight is 223 g/mol. The zero-order valence-electron chi connectivity index (χ0n) is 9.40. The van der Waals surface area contributed by atoms with Crippen LogP contribution in [0.1, 0.15) is 5.56 Å². The van der Waals surface area contributed by atoms with E-state index >= 15 is 0 Å². The van der Waals surface area contributed by atoms with E-state index in [1.54, 1.807) is 31.4 Å². The van der Waals surface area contributed by atoms with Gasteiger partial charge in [0.05, 0.1) is 13.2 Å². The van der Waals surface area contributed by atoms with Crippen LogP contribution in [0.5, 0.6) is 5.75 Å². The van der Waals surface area contributed by atoms with Crippen molar-refractivity contribution in [3.05, 3.63) is 29.8 Å². The predicted octanol–water partition coefficient (Wildman–Crippen LogP) is 0.740. The molecule has 0 fully saturated rings. The molecule has 1 aromatic carbocycles. The topological polar surface area (TPSA) is 58.6 Å². The largest absolute Gasteiger partial charge is 0.508 e. The summed E-state index contributed by atoms with van der Waals surface area (Å²) in [5, 5.41) is 12.1. The summed E-state index contributed by atoms with van der Waals surface area (Å²) in [6, 6.07) is 6.67. The molecule has 0 spiro atoms. The van der Waals surface area contributed by atoms with Gasteiger partial charge in [-0.15, -0.1) is 0 Å². The molecule has 1 aromatic rings. The number of ether oxygens (including phenoxy) is 1. The monoisotopic (exact) mass is 223 g/mol. The van der Waals surface area contributed by atoms with Crippen LogP contribution in [0.25, 0.3) is 0 Å². The molecule has 4 nitrogen and oxygen atoms in total. The van der Waals surface area contributed by atoms with E-state index < -0.39 is 0 Å². The van der Waals surface area contributed by atoms with E-state index in [0.29, 0.717) is 26.1 Å². The third-order valence-electron chi connectivity index (χ3n) is 2.14. The van der Waals surface area contributed by atoms with Gasteiger partial charge in [-0.25, -0.2) is 0 Å². The Kier molecular flexibility index (Phi) is 5.53. The van der Waals surface area contributed by atoms with Crippen molar-refractivity contribution < 1.29 is 14.6 Å². The summed E-state index contributed by atoms with van der Waals surface area (Å²) < 4.78 is 4.85. The second-order valence-electron chi connectivity index (χ2n) is 3.55. The lowest BCUT2D eigenvalue weighted by molar-refractivity contribution is -0.117. The number of aromatic hydroxyl groups is 1. The van der Waals surface area contributed by atoms with E-state index in [1.165, 1.54) is 0 Å². The maximum absolute atomic E-state index is 11.5. The maximum Gasteiger partial charge on any atom is 0.150 e. The van der Waals surface area contributed by atoms with Crippen LogP contribution in [0.4, 0.5) is 0 Å². The number of benzene rings is 1. The third kappa shape index (κ3) is 4.91. The van der Waals surface area contributed by atoms with Crippen LogP contribution in [0.3, 0.4) is 0 Å². The number of carbonyl (C=O) groups excluding carboxylic acids is 1. The summed E-state index contributed by atoms with van der Waals surface area (Å²) in [6.07, 6.45) is 0.389. The van der Waals surface area contributed by atoms with Gasteiger partial charge in [0.25, 0.3) is 0 Å². The summed E-state index contributed by atoms with van der Waals surface area (Å²) in [7, 11) is 1.62. The van der Waals surface area contributed by atoms with Crippen molar-refractivity contribution in [2.45, 2.75) is 6.42 Å². The minimum atomic E-state index is 0.127. The van der Waals surface area contributed by atoms with Crippen LogP contribution in [-0.4, -0.2) is 37.7 Å². The highest BCUT2D eigenvalue weighted by Crippen LogP contribution is 2.09. The van der Waals surface area contributed by atoms with Gasteiger partial charge in [-0.3, -0.25) is 4.79 Å². The minimum Gasteiger partial charge on any atom is -0.508 e. The first kappa shape index (κ1) is 12.7. The van der Waals surface area contributed by atoms with E-state index in [9.17, 15) is 4.79 Å². The molecular formula is C12H17NO3. The van der Waals surface area contributed by atoms with Gasteiger partial charge in [-0.2, -0.15) is 0 Å². The summed E-state index contributed by atoms with van der Waals surface area (Å²) >= 11 is 0. The van der Waals surface area contributed by atoms with Crippen molar-refractivity contribution in [2.75, 3.05) is 26.8 Å². The molecule has 4 heteroatoms. The maximum atomic E-state index is 11.5. The highest BCUT2D eigenvalue weighted by Gasteiger charge is 2.02. The second kappa shape index (κ2) is 6.98. The molecular weight excluding hydrogens is 206 g/mol. The standard InChI is InChI=1S/C12H17NO3/c1-16-7-6-13-9-12(15)8-10-2-4-11(14)5-3-10/h2-5,13-14H,6-9H2,1H3. The normalized spacial score (nSPS) is 10.3. The van der Waals surface area contributed by atoms with E-state index in [-0.39, 0.29) is 11.5 Å². The molecule has 0 heterocycles. The molecule has 0 aliphatic heterocycles. The number of phenolic OH excluding ortho intramolecular Hbond substituents is 1. The number of rotatable bonds is 7. The van der Waals surface area contributed by atoms with Gasteiger partial charge in [0.1, 0.15) is 5.75 Å². The molecule has 0 amide bonds. The molecule has 0 saturated carbocycles. The fourth-order valence-electron chi connectivity index (χ4n) is 1.31. The first-order valence-corrected chi connectivity index (χ1v) is 5.21. The van der Waals surface area contributed by atoms with E-state index in [2.05, 4.69) is 5.32 Å². The summed E-state index contributed by atoms with van der Waals surface area (Å²) in [4.78, 5) is 11.5. The molecule has 0 atom stereocenters. The fraction of sp³-hybridized carbons (Fsp3) is 0.417. The molecule has 1 rings (SSSR count). The lowest BCUT2D eigenvalue weighted by atomic mass is 10.1. The number of hydrogen-bond acceptors (Lipinski definition) is 4. The number of carbonyl (C=O) groups is 1. The van der Waals surface area contributed by atoms with Crippen molar-refractivity contribution in [1.82, 2.24) is 5.32 Å². The molecule has 88 valence electrons. The van der Waals surface area contributed by atoms with Crippen LogP contribution in [0.15, 0.2) is 24.3 Å². The molecule has 0 bridgehead atoms. The van der Waals surface area contributed by atoms with Crippen molar-refractivity contribution in [3.8, 4) is 5.75 Å². The smallest absolute Gasteiger partial charge is 0.150 e. The molecule has 16 heavy (non-hydrogen) atoms. The Morgan fingerprint density at radius 2 is 2.06 bits per heavy atom. The van der Waals surface area contributed by atoms with Gasteiger partial charge >= 0.3 is 0 Å². The minimum absolute atomic E-state index is 0.127. The highest BCUT2D eigenvalue weighted by atomic mass is 16.5. The molecule has 0 radical (unpaired) electrons. The first-order chi connectivity index (χ1) is 7.72. The Balaban J connectivity index is 2.26. The zero-order valence-corrected chi connectivity index (χ0v) is 9.40. The van der Waals surface area contributed by atoms with Crippen LogP contribution in [-0.2, 0) is 16.0 Å². The van der Waals surface area contributed by atoms with Crippen molar-refractivity contribution in [1.29, 1.82) is 0 Å². The predicted molar refractivity (Wildman–Crippen MR) is 61.6 cm³/mol. The first-order valence-electron chi connectivity index (χ1n) is 5.21. The number of methoxy groups -OCH3 is 1. The van der Waals surface area contributed by atoms with Gasteiger partial charge in [0.2, 0.25) is 0 Å². The Bertz CT molecular complexity index is 322. The summed E-state index contributed by atoms with van der Waals surface area (Å²) in [5.74, 6) is 0.344. The molecule has 0 aromatic heterocycles. The van der Waals surface area contributed by atoms with Gasteiger partial charge in [-0.05, 0) is 17.7 Å². The van der Waals surface area contributed by atoms with Crippen LogP contribution < -0.4 is 5.32 Å². The lowest BCUT2D eigenvalue weighted by Crippen LogP contribution is -2.27. The van der Waals surface area contributed by atoms with E-state index in [0.717, 1.165) is 5.56 Å². The van der Waals surface area contributed by atoms with Gasteiger partial charge in [0, 0.05) is 20.1 Å². The Labute approximate surface area is 95.2 Å². The summed E-state index contributed by atoms with van der Waals surface area (Å²) in [6.45, 7) is 1.63. The zero-order chi connectivity index (χ0) is 11.8. The van der Waals surface area contributed by atoms with Crippen LogP contribution >= 0.6 is 0 Å².